The fraction of sp³-hybridized carbons (Fsp3) is 0.366. The summed E-state index contributed by atoms with van der Waals surface area (Å²) in [6, 6.07) is 23.5. The summed E-state index contributed by atoms with van der Waals surface area (Å²) < 4.78 is 12.9. The predicted molar refractivity (Wildman–Crippen MR) is 197 cm³/mol. The number of hydrogen-bond donors (Lipinski definition) is 2. The van der Waals surface area contributed by atoms with Crippen LogP contribution in [-0.2, 0) is 35.1 Å². The van der Waals surface area contributed by atoms with Gasteiger partial charge >= 0.3 is 5.97 Å². The van der Waals surface area contributed by atoms with Gasteiger partial charge in [0.2, 0.25) is 11.8 Å². The van der Waals surface area contributed by atoms with Crippen molar-refractivity contribution in [3.05, 3.63) is 126 Å². The fourth-order valence-electron chi connectivity index (χ4n) is 8.07. The van der Waals surface area contributed by atoms with Crippen LogP contribution in [0.1, 0.15) is 42.9 Å². The molecule has 0 aliphatic carbocycles. The molecule has 3 aliphatic rings. The van der Waals surface area contributed by atoms with Gasteiger partial charge in [-0.1, -0.05) is 96.5 Å². The monoisotopic (exact) mass is 725 g/mol. The van der Waals surface area contributed by atoms with Crippen molar-refractivity contribution in [2.75, 3.05) is 24.6 Å². The number of aliphatic hydroxyl groups excluding tert-OH is 1. The van der Waals surface area contributed by atoms with Crippen molar-refractivity contribution >= 4 is 41.0 Å². The van der Waals surface area contributed by atoms with Gasteiger partial charge in [-0.05, 0) is 48.9 Å². The third kappa shape index (κ3) is 7.15. The molecule has 3 saturated heterocycles. The summed E-state index contributed by atoms with van der Waals surface area (Å²) in [5, 5.41) is 14.0. The molecule has 3 aliphatic heterocycles. The van der Waals surface area contributed by atoms with E-state index in [4.69, 9.17) is 21.1 Å². The highest BCUT2D eigenvalue weighted by atomic mass is 35.5. The van der Waals surface area contributed by atoms with Crippen molar-refractivity contribution in [1.29, 1.82) is 0 Å². The number of rotatable bonds is 16. The van der Waals surface area contributed by atoms with Crippen LogP contribution in [-0.4, -0.2) is 77.2 Å². The van der Waals surface area contributed by atoms with Crippen molar-refractivity contribution in [2.24, 2.45) is 11.8 Å². The van der Waals surface area contributed by atoms with E-state index in [1.807, 2.05) is 60.7 Å². The molecule has 3 aromatic rings. The van der Waals surface area contributed by atoms with Gasteiger partial charge in [0.25, 0.3) is 5.91 Å². The number of hydrogen-bond acceptors (Lipinski definition) is 7. The van der Waals surface area contributed by atoms with Crippen molar-refractivity contribution in [3.8, 4) is 0 Å². The van der Waals surface area contributed by atoms with Crippen molar-refractivity contribution in [1.82, 2.24) is 10.2 Å². The van der Waals surface area contributed by atoms with E-state index in [0.717, 1.165) is 5.56 Å². The lowest BCUT2D eigenvalue weighted by Crippen LogP contribution is -2.59. The van der Waals surface area contributed by atoms with E-state index in [1.165, 1.54) is 9.80 Å². The molecule has 7 atom stereocenters. The van der Waals surface area contributed by atoms with Gasteiger partial charge in [0, 0.05) is 13.0 Å². The third-order valence-corrected chi connectivity index (χ3v) is 10.7. The van der Waals surface area contributed by atoms with Gasteiger partial charge in [-0.25, -0.2) is 0 Å². The lowest BCUT2D eigenvalue weighted by molar-refractivity contribution is -0.161. The molecule has 2 N–H and O–H groups in total. The minimum Gasteiger partial charge on any atom is -0.455 e. The highest BCUT2D eigenvalue weighted by Crippen LogP contribution is 2.59. The SMILES string of the molecule is C=CCCC(=O)NC[C@H](OC(=O)[C@@H]1[C@H]2C(=O)N([C@@H](CO)Cc3ccccc3)[C@H](C(=O)N(CC=C)c3ccccc3Cl)[C@]23CC[C@H]1O3)c1ccccc1. The molecular weight excluding hydrogens is 682 g/mol. The molecule has 2 bridgehead atoms. The quantitative estimate of drug-likeness (QED) is 0.154. The molecule has 3 heterocycles. The molecule has 0 radical (unpaired) electrons. The molecule has 3 aromatic carbocycles. The Labute approximate surface area is 309 Å². The van der Waals surface area contributed by atoms with Gasteiger partial charge in [0.05, 0.1) is 47.8 Å². The predicted octanol–water partition coefficient (Wildman–Crippen LogP) is 5.20. The number of amides is 3. The summed E-state index contributed by atoms with van der Waals surface area (Å²) in [7, 11) is 0. The van der Waals surface area contributed by atoms with E-state index < -0.39 is 66.1 Å². The van der Waals surface area contributed by atoms with Crippen LogP contribution >= 0.6 is 11.6 Å². The lowest BCUT2D eigenvalue weighted by Gasteiger charge is -2.39. The van der Waals surface area contributed by atoms with E-state index in [2.05, 4.69) is 18.5 Å². The number of likely N-dealkylation sites (tertiary alicyclic amines) is 1. The molecule has 0 unspecified atom stereocenters. The summed E-state index contributed by atoms with van der Waals surface area (Å²) in [5.41, 5.74) is 0.614. The Bertz CT molecular complexity index is 1790. The van der Waals surface area contributed by atoms with Crippen molar-refractivity contribution in [3.63, 3.8) is 0 Å². The number of benzene rings is 3. The molecule has 3 amide bonds. The Morgan fingerprint density at radius 1 is 1.04 bits per heavy atom. The molecule has 3 fully saturated rings. The summed E-state index contributed by atoms with van der Waals surface area (Å²) in [6.07, 6.45) is 3.51. The number of ether oxygens (including phenoxy) is 2. The normalized spacial score (nSPS) is 24.1. The number of aliphatic hydroxyl groups is 1. The van der Waals surface area contributed by atoms with Crippen LogP contribution in [0.4, 0.5) is 5.69 Å². The Hall–Kier alpha value is -4.77. The average molecular weight is 726 g/mol. The standard InChI is InChI=1S/C41H44ClN3O7/c1-3-5-20-34(47)43-25-33(28-16-10-7-11-17-28)51-40(50)35-32-21-22-41(52-32)36(35)38(48)45(29(26-46)24-27-14-8-6-9-15-27)37(41)39(49)44(23-4-2)31-19-13-12-18-30(31)42/h3-4,6-19,29,32-33,35-37,46H,1-2,5,20-26H2,(H,43,47)/t29-,32-,33+,35+,36+,37-,41+/m1/s1. The van der Waals surface area contributed by atoms with Crippen LogP contribution in [0.5, 0.6) is 0 Å². The summed E-state index contributed by atoms with van der Waals surface area (Å²) in [4.78, 5) is 59.7. The maximum atomic E-state index is 15.0. The highest BCUT2D eigenvalue weighted by molar-refractivity contribution is 6.34. The molecule has 11 heteroatoms. The van der Waals surface area contributed by atoms with Gasteiger partial charge < -0.3 is 29.7 Å². The number of anilines is 1. The van der Waals surface area contributed by atoms with Gasteiger partial charge in [0.1, 0.15) is 17.7 Å². The second-order valence-corrected chi connectivity index (χ2v) is 13.9. The number of carbonyl (C=O) groups excluding carboxylic acids is 4. The smallest absolute Gasteiger partial charge is 0.313 e. The van der Waals surface area contributed by atoms with Crippen molar-refractivity contribution < 1.29 is 33.8 Å². The number of allylic oxidation sites excluding steroid dienone is 1. The Morgan fingerprint density at radius 2 is 1.73 bits per heavy atom. The first-order chi connectivity index (χ1) is 25.2. The second kappa shape index (κ2) is 16.3. The highest BCUT2D eigenvalue weighted by Gasteiger charge is 2.75. The molecule has 52 heavy (non-hydrogen) atoms. The minimum absolute atomic E-state index is 0.0268. The number of para-hydroxylation sites is 1. The first-order valence-electron chi connectivity index (χ1n) is 17.7. The molecular formula is C41H44ClN3O7. The van der Waals surface area contributed by atoms with E-state index >= 15 is 4.79 Å². The molecule has 0 aromatic heterocycles. The number of nitrogens with zero attached hydrogens (tertiary/aromatic N) is 2. The summed E-state index contributed by atoms with van der Waals surface area (Å²) >= 11 is 6.62. The third-order valence-electron chi connectivity index (χ3n) is 10.4. The Balaban J connectivity index is 1.36. The second-order valence-electron chi connectivity index (χ2n) is 13.5. The van der Waals surface area contributed by atoms with Crippen molar-refractivity contribution in [2.45, 2.75) is 62.0 Å². The van der Waals surface area contributed by atoms with Crippen LogP contribution in [0, 0.1) is 11.8 Å². The van der Waals surface area contributed by atoms with Gasteiger partial charge in [-0.15, -0.1) is 13.2 Å². The van der Waals surface area contributed by atoms with Crippen LogP contribution in [0.3, 0.4) is 0 Å². The van der Waals surface area contributed by atoms with Crippen LogP contribution in [0.15, 0.2) is 110 Å². The Kier molecular flexibility index (Phi) is 11.6. The molecule has 272 valence electrons. The first kappa shape index (κ1) is 37.0. The summed E-state index contributed by atoms with van der Waals surface area (Å²) in [6.45, 7) is 7.22. The van der Waals surface area contributed by atoms with E-state index in [0.29, 0.717) is 35.5 Å². The average Bonchev–Trinajstić information content (AvgIpc) is 3.82. The number of nitrogens with one attached hydrogen (secondary N) is 1. The van der Waals surface area contributed by atoms with Crippen LogP contribution in [0.25, 0.3) is 0 Å². The largest absolute Gasteiger partial charge is 0.455 e. The minimum atomic E-state index is -1.37. The van der Waals surface area contributed by atoms with Gasteiger partial charge in [0.15, 0.2) is 0 Å². The van der Waals surface area contributed by atoms with Crippen LogP contribution in [0.2, 0.25) is 5.02 Å². The topological polar surface area (TPSA) is 125 Å². The van der Waals surface area contributed by atoms with E-state index in [9.17, 15) is 19.5 Å². The van der Waals surface area contributed by atoms with E-state index in [1.54, 1.807) is 36.4 Å². The summed E-state index contributed by atoms with van der Waals surface area (Å²) in [5.74, 6) is -3.83. The molecule has 1 spiro atoms. The number of fused-ring (bicyclic) bond motifs is 1. The zero-order chi connectivity index (χ0) is 36.8. The first-order valence-corrected chi connectivity index (χ1v) is 18.1. The van der Waals surface area contributed by atoms with E-state index in [-0.39, 0.29) is 31.8 Å². The number of halogens is 1. The van der Waals surface area contributed by atoms with Crippen LogP contribution < -0.4 is 10.2 Å². The lowest BCUT2D eigenvalue weighted by atomic mass is 9.70. The van der Waals surface area contributed by atoms with Gasteiger partial charge in [-0.3, -0.25) is 19.2 Å². The maximum Gasteiger partial charge on any atom is 0.313 e. The molecule has 0 saturated carbocycles. The number of carbonyl (C=O) groups is 4. The molecule has 6 rings (SSSR count). The fourth-order valence-corrected chi connectivity index (χ4v) is 8.30. The number of esters is 1. The maximum absolute atomic E-state index is 15.0. The van der Waals surface area contributed by atoms with Gasteiger partial charge in [-0.2, -0.15) is 0 Å². The Morgan fingerprint density at radius 3 is 2.40 bits per heavy atom. The zero-order valence-corrected chi connectivity index (χ0v) is 29.7. The molecule has 10 nitrogen and oxygen atoms in total. The zero-order valence-electron chi connectivity index (χ0n) is 28.9.